The fourth-order valence-electron chi connectivity index (χ4n) is 2.86. The van der Waals surface area contributed by atoms with E-state index in [-0.39, 0.29) is 17.3 Å². The van der Waals surface area contributed by atoms with Crippen LogP contribution >= 0.6 is 11.8 Å². The highest BCUT2D eigenvalue weighted by Crippen LogP contribution is 2.34. The van der Waals surface area contributed by atoms with Gasteiger partial charge in [-0.3, -0.25) is 9.59 Å². The topological polar surface area (TPSA) is 62.3 Å². The number of carbonyl (C=O) groups excluding carboxylic acids is 2. The minimum absolute atomic E-state index is 0.0666. The van der Waals surface area contributed by atoms with Crippen molar-refractivity contribution in [3.05, 3.63) is 53.7 Å². The van der Waals surface area contributed by atoms with Crippen LogP contribution in [0.5, 0.6) is 0 Å². The molecule has 1 aliphatic heterocycles. The predicted molar refractivity (Wildman–Crippen MR) is 100 cm³/mol. The third kappa shape index (κ3) is 5.03. The van der Waals surface area contributed by atoms with E-state index in [0.29, 0.717) is 10.6 Å². The molecule has 1 saturated heterocycles. The molecule has 3 rings (SSSR count). The molecule has 0 radical (unpaired) electrons. The molecule has 0 saturated carbocycles. The number of rotatable bonds is 5. The first-order valence-electron chi connectivity index (χ1n) is 8.69. The van der Waals surface area contributed by atoms with Crippen molar-refractivity contribution in [2.45, 2.75) is 24.0 Å². The van der Waals surface area contributed by atoms with E-state index in [1.807, 2.05) is 0 Å². The van der Waals surface area contributed by atoms with Crippen LogP contribution in [0.1, 0.15) is 28.8 Å². The zero-order chi connectivity index (χ0) is 20.1. The van der Waals surface area contributed by atoms with Crippen LogP contribution in [0.2, 0.25) is 0 Å². The summed E-state index contributed by atoms with van der Waals surface area (Å²) in [5.74, 6) is -0.734. The summed E-state index contributed by atoms with van der Waals surface area (Å²) >= 11 is 1.08. The highest BCUT2D eigenvalue weighted by Gasteiger charge is 2.33. The van der Waals surface area contributed by atoms with Gasteiger partial charge in [0, 0.05) is 19.3 Å². The maximum absolute atomic E-state index is 13.0. The van der Waals surface area contributed by atoms with Crippen molar-refractivity contribution in [3.63, 3.8) is 0 Å². The van der Waals surface area contributed by atoms with Gasteiger partial charge in [0.2, 0.25) is 5.91 Å². The molecule has 5 nitrogen and oxygen atoms in total. The highest BCUT2D eigenvalue weighted by atomic mass is 32.2. The van der Waals surface area contributed by atoms with E-state index in [9.17, 15) is 22.8 Å². The van der Waals surface area contributed by atoms with Crippen molar-refractivity contribution < 1.29 is 22.8 Å². The van der Waals surface area contributed by atoms with Crippen molar-refractivity contribution in [1.82, 2.24) is 9.88 Å². The van der Waals surface area contributed by atoms with Gasteiger partial charge in [-0.2, -0.15) is 13.2 Å². The normalized spacial score (nSPS) is 14.2. The van der Waals surface area contributed by atoms with Crippen LogP contribution < -0.4 is 5.32 Å². The summed E-state index contributed by atoms with van der Waals surface area (Å²) in [5.41, 5.74) is -0.689. The molecule has 148 valence electrons. The van der Waals surface area contributed by atoms with Crippen LogP contribution in [0.15, 0.2) is 47.6 Å². The minimum atomic E-state index is -4.55. The molecule has 2 aromatic rings. The monoisotopic (exact) mass is 409 g/mol. The Balaban J connectivity index is 1.56. The number of nitrogens with zero attached hydrogens (tertiary/aromatic N) is 2. The molecular weight excluding hydrogens is 391 g/mol. The van der Waals surface area contributed by atoms with Gasteiger partial charge in [0.25, 0.3) is 5.91 Å². The average Bonchev–Trinajstić information content (AvgIpc) is 3.20. The Kier molecular flexibility index (Phi) is 6.23. The molecule has 1 aliphatic rings. The third-order valence-corrected chi connectivity index (χ3v) is 5.18. The van der Waals surface area contributed by atoms with Gasteiger partial charge in [-0.1, -0.05) is 23.9 Å². The number of halogens is 3. The summed E-state index contributed by atoms with van der Waals surface area (Å²) in [7, 11) is 0. The van der Waals surface area contributed by atoms with E-state index in [1.165, 1.54) is 24.4 Å². The maximum Gasteiger partial charge on any atom is 0.418 e. The smallest absolute Gasteiger partial charge is 0.339 e. The molecule has 2 amide bonds. The number of thioether (sulfide) groups is 1. The summed E-state index contributed by atoms with van der Waals surface area (Å²) in [6.07, 6.45) is -1.09. The number of aromatic nitrogens is 1. The molecule has 0 aliphatic carbocycles. The molecule has 1 aromatic carbocycles. The van der Waals surface area contributed by atoms with Crippen LogP contribution in [0.3, 0.4) is 0 Å². The number of hydrogen-bond donors (Lipinski definition) is 1. The molecule has 0 spiro atoms. The molecular formula is C19H18F3N3O2S. The van der Waals surface area contributed by atoms with Gasteiger partial charge in [-0.05, 0) is 37.1 Å². The lowest BCUT2D eigenvalue weighted by Gasteiger charge is -2.15. The van der Waals surface area contributed by atoms with Crippen LogP contribution in [-0.4, -0.2) is 40.5 Å². The first kappa shape index (κ1) is 20.2. The van der Waals surface area contributed by atoms with Crippen LogP contribution in [0.25, 0.3) is 0 Å². The SMILES string of the molecule is O=C(CSc1ccc(C(=O)N2CCCC2)cn1)Nc1ccccc1C(F)(F)F. The van der Waals surface area contributed by atoms with Crippen molar-refractivity contribution in [1.29, 1.82) is 0 Å². The zero-order valence-electron chi connectivity index (χ0n) is 14.8. The molecule has 1 N–H and O–H groups in total. The van der Waals surface area contributed by atoms with Crippen molar-refractivity contribution in [2.24, 2.45) is 0 Å². The Morgan fingerprint density at radius 3 is 2.46 bits per heavy atom. The Bertz CT molecular complexity index is 850. The summed E-state index contributed by atoms with van der Waals surface area (Å²) in [4.78, 5) is 30.2. The third-order valence-electron chi connectivity index (χ3n) is 4.23. The Morgan fingerprint density at radius 2 is 1.82 bits per heavy atom. The quantitative estimate of drug-likeness (QED) is 0.757. The van der Waals surface area contributed by atoms with Crippen molar-refractivity contribution in [3.8, 4) is 0 Å². The number of benzene rings is 1. The molecule has 0 unspecified atom stereocenters. The molecule has 0 bridgehead atoms. The van der Waals surface area contributed by atoms with E-state index in [1.54, 1.807) is 17.0 Å². The lowest BCUT2D eigenvalue weighted by Crippen LogP contribution is -2.27. The molecule has 1 fully saturated rings. The lowest BCUT2D eigenvalue weighted by molar-refractivity contribution is -0.137. The molecule has 9 heteroatoms. The fraction of sp³-hybridized carbons (Fsp3) is 0.316. The van der Waals surface area contributed by atoms with E-state index in [0.717, 1.165) is 43.8 Å². The van der Waals surface area contributed by atoms with Crippen LogP contribution in [0.4, 0.5) is 18.9 Å². The summed E-state index contributed by atoms with van der Waals surface area (Å²) < 4.78 is 38.9. The Labute approximate surface area is 164 Å². The maximum atomic E-state index is 13.0. The molecule has 0 atom stereocenters. The lowest BCUT2D eigenvalue weighted by atomic mass is 10.1. The van der Waals surface area contributed by atoms with Gasteiger partial charge in [0.15, 0.2) is 0 Å². The first-order valence-corrected chi connectivity index (χ1v) is 9.67. The second kappa shape index (κ2) is 8.64. The van der Waals surface area contributed by atoms with E-state index >= 15 is 0 Å². The number of alkyl halides is 3. The molecule has 2 heterocycles. The van der Waals surface area contributed by atoms with Gasteiger partial charge in [0.05, 0.1) is 27.6 Å². The van der Waals surface area contributed by atoms with Gasteiger partial charge in [0.1, 0.15) is 0 Å². The zero-order valence-corrected chi connectivity index (χ0v) is 15.6. The predicted octanol–water partition coefficient (Wildman–Crippen LogP) is 4.07. The molecule has 1 aromatic heterocycles. The summed E-state index contributed by atoms with van der Waals surface area (Å²) in [5, 5.41) is 2.80. The Hall–Kier alpha value is -2.55. The average molecular weight is 409 g/mol. The van der Waals surface area contributed by atoms with E-state index < -0.39 is 17.6 Å². The number of carbonyl (C=O) groups is 2. The second-order valence-electron chi connectivity index (χ2n) is 6.26. The number of nitrogens with one attached hydrogen (secondary N) is 1. The van der Waals surface area contributed by atoms with Crippen LogP contribution in [0, 0.1) is 0 Å². The number of likely N-dealkylation sites (tertiary alicyclic amines) is 1. The number of pyridine rings is 1. The highest BCUT2D eigenvalue weighted by molar-refractivity contribution is 7.99. The van der Waals surface area contributed by atoms with E-state index in [2.05, 4.69) is 10.3 Å². The Morgan fingerprint density at radius 1 is 1.11 bits per heavy atom. The summed E-state index contributed by atoms with van der Waals surface area (Å²) in [6, 6.07) is 8.10. The summed E-state index contributed by atoms with van der Waals surface area (Å²) in [6.45, 7) is 1.49. The number of anilines is 1. The number of para-hydroxylation sites is 1. The van der Waals surface area contributed by atoms with Crippen molar-refractivity contribution >= 4 is 29.3 Å². The van der Waals surface area contributed by atoms with Gasteiger partial charge >= 0.3 is 6.18 Å². The number of hydrogen-bond acceptors (Lipinski definition) is 4. The van der Waals surface area contributed by atoms with Crippen LogP contribution in [-0.2, 0) is 11.0 Å². The second-order valence-corrected chi connectivity index (χ2v) is 7.26. The minimum Gasteiger partial charge on any atom is -0.339 e. The van der Waals surface area contributed by atoms with Crippen molar-refractivity contribution in [2.75, 3.05) is 24.2 Å². The van der Waals surface area contributed by atoms with E-state index in [4.69, 9.17) is 0 Å². The number of amides is 2. The van der Waals surface area contributed by atoms with Gasteiger partial charge in [-0.25, -0.2) is 4.98 Å². The van der Waals surface area contributed by atoms with Gasteiger partial charge < -0.3 is 10.2 Å². The standard InChI is InChI=1S/C19H18F3N3O2S/c20-19(21,22)14-5-1-2-6-15(14)24-16(26)12-28-17-8-7-13(11-23-17)18(27)25-9-3-4-10-25/h1-2,5-8,11H,3-4,9-10,12H2,(H,24,26). The van der Waals surface area contributed by atoms with Gasteiger partial charge in [-0.15, -0.1) is 0 Å². The first-order chi connectivity index (χ1) is 13.3. The fourth-order valence-corrected chi connectivity index (χ4v) is 3.50. The largest absolute Gasteiger partial charge is 0.418 e. The molecule has 28 heavy (non-hydrogen) atoms.